The van der Waals surface area contributed by atoms with Gasteiger partial charge in [-0.15, -0.1) is 0 Å². The maximum atomic E-state index is 12.8. The quantitative estimate of drug-likeness (QED) is 0.123. The molecule has 4 rings (SSSR count). The molecular weight excluding hydrogens is 777 g/mol. The Hall–Kier alpha value is -3.52. The van der Waals surface area contributed by atoms with E-state index in [1.165, 1.54) is 44.2 Å². The minimum absolute atomic E-state index is 0.00197. The number of nitrogens with zero attached hydrogens (tertiary/aromatic N) is 2. The monoisotopic (exact) mass is 846 g/mol. The number of nitrogens with one attached hydrogen (secondary N) is 2. The molecule has 2 unspecified atom stereocenters. The Morgan fingerprint density at radius 1 is 0.690 bits per heavy atom. The molecule has 2 N–H and O–H groups in total. The summed E-state index contributed by atoms with van der Waals surface area (Å²) in [5.74, 6) is -0.808. The zero-order valence-corrected chi connectivity index (χ0v) is 38.2. The number of benzene rings is 2. The molecule has 0 radical (unpaired) electrons. The molecule has 0 saturated heterocycles. The van der Waals surface area contributed by atoms with Gasteiger partial charge in [-0.1, -0.05) is 66.2 Å². The fraction of sp³-hybridized carbons (Fsp3) is 0.682. The third-order valence-electron chi connectivity index (χ3n) is 11.7. The van der Waals surface area contributed by atoms with Crippen LogP contribution in [-0.4, -0.2) is 83.0 Å². The van der Waals surface area contributed by atoms with Gasteiger partial charge in [0.25, 0.3) is 0 Å². The molecule has 326 valence electrons. The second kappa shape index (κ2) is 20.2. The number of aryl methyl sites for hydroxylation is 1. The molecule has 0 aromatic heterocycles. The lowest BCUT2D eigenvalue weighted by atomic mass is 9.79. The first-order valence-corrected chi connectivity index (χ1v) is 24.9. The highest BCUT2D eigenvalue weighted by molar-refractivity contribution is 8.08. The van der Waals surface area contributed by atoms with Gasteiger partial charge in [0, 0.05) is 46.9 Å². The molecule has 14 heteroatoms. The second-order valence-electron chi connectivity index (χ2n) is 17.8. The van der Waals surface area contributed by atoms with Gasteiger partial charge in [0.1, 0.15) is 13.2 Å². The van der Waals surface area contributed by atoms with Crippen LogP contribution in [0.15, 0.2) is 30.3 Å². The number of anilines is 4. The Morgan fingerprint density at radius 2 is 1.17 bits per heavy atom. The average Bonchev–Trinajstić information content (AvgIpc) is 3.10. The SMILES string of the molecule is CCCCCCN1c2ccc(NC(=O)OCCS(=O)(=O)CS(=O)(=O)CCOC(=O)Nc3cc4c(cc3C)N(CCCCCC)C(C)(C)CC4C)cc2C(C)CC1(C)C. The van der Waals surface area contributed by atoms with Gasteiger partial charge in [-0.05, 0) is 119 Å². The molecule has 2 amide bonds. The number of rotatable bonds is 20. The lowest BCUT2D eigenvalue weighted by Crippen LogP contribution is -2.48. The van der Waals surface area contributed by atoms with Gasteiger partial charge in [0.15, 0.2) is 24.8 Å². The van der Waals surface area contributed by atoms with Crippen molar-refractivity contribution in [3.05, 3.63) is 47.0 Å². The lowest BCUT2D eigenvalue weighted by Gasteiger charge is -2.48. The topological polar surface area (TPSA) is 151 Å². The fourth-order valence-electron chi connectivity index (χ4n) is 8.79. The van der Waals surface area contributed by atoms with Crippen molar-refractivity contribution in [2.45, 2.75) is 149 Å². The van der Waals surface area contributed by atoms with E-state index in [-0.39, 0.29) is 22.9 Å². The minimum atomic E-state index is -4.16. The molecule has 0 saturated carbocycles. The highest BCUT2D eigenvalue weighted by Gasteiger charge is 2.38. The predicted octanol–water partition coefficient (Wildman–Crippen LogP) is 9.92. The summed E-state index contributed by atoms with van der Waals surface area (Å²) in [4.78, 5) is 30.3. The van der Waals surface area contributed by atoms with E-state index in [2.05, 4.69) is 81.9 Å². The van der Waals surface area contributed by atoms with E-state index in [0.717, 1.165) is 61.2 Å². The van der Waals surface area contributed by atoms with Crippen LogP contribution < -0.4 is 20.4 Å². The standard InChI is InChI=1S/C44H70N4O8S2/c1-10-12-14-16-20-47-39-19-18-35(27-36(39)33(4)29-43(47,6)7)45-41(49)55-22-24-57(51,52)31-58(53,54)25-23-56-42(50)46-38-28-37-34(5)30-44(8,9)48(21-17-15-13-11-2)40(37)26-32(38)3/h18-19,26-28,33-34H,10-17,20-25,29-31H2,1-9H3,(H,45,49)(H,46,50). The van der Waals surface area contributed by atoms with Crippen molar-refractivity contribution in [1.82, 2.24) is 0 Å². The zero-order valence-electron chi connectivity index (χ0n) is 36.5. The number of carbonyl (C=O) groups excluding carboxylic acids is 2. The number of sulfone groups is 2. The zero-order chi connectivity index (χ0) is 42.9. The van der Waals surface area contributed by atoms with Crippen LogP contribution in [0.2, 0.25) is 0 Å². The molecular formula is C44H70N4O8S2. The van der Waals surface area contributed by atoms with Gasteiger partial charge in [-0.2, -0.15) is 0 Å². The Labute approximate surface area is 349 Å². The summed E-state index contributed by atoms with van der Waals surface area (Å²) >= 11 is 0. The molecule has 12 nitrogen and oxygen atoms in total. The summed E-state index contributed by atoms with van der Waals surface area (Å²) in [7, 11) is -8.31. The van der Waals surface area contributed by atoms with E-state index in [9.17, 15) is 26.4 Å². The summed E-state index contributed by atoms with van der Waals surface area (Å²) in [5, 5.41) is 4.28. The van der Waals surface area contributed by atoms with Crippen molar-refractivity contribution in [2.75, 3.05) is 63.3 Å². The average molecular weight is 847 g/mol. The van der Waals surface area contributed by atoms with Crippen LogP contribution in [0.4, 0.5) is 32.3 Å². The molecule has 2 atom stereocenters. The predicted molar refractivity (Wildman–Crippen MR) is 237 cm³/mol. The molecule has 2 aliphatic heterocycles. The Morgan fingerprint density at radius 3 is 1.69 bits per heavy atom. The second-order valence-corrected chi connectivity index (χ2v) is 22.5. The number of unbranched alkanes of at least 4 members (excludes halogenated alkanes) is 6. The van der Waals surface area contributed by atoms with Crippen LogP contribution in [0, 0.1) is 6.92 Å². The number of carbonyl (C=O) groups is 2. The molecule has 0 bridgehead atoms. The fourth-order valence-corrected chi connectivity index (χ4v) is 12.6. The number of amides is 2. The molecule has 2 aromatic carbocycles. The molecule has 0 aliphatic carbocycles. The van der Waals surface area contributed by atoms with Crippen LogP contribution in [-0.2, 0) is 29.1 Å². The number of ether oxygens (including phenoxy) is 2. The van der Waals surface area contributed by atoms with E-state index in [4.69, 9.17) is 9.47 Å². The van der Waals surface area contributed by atoms with Crippen molar-refractivity contribution >= 4 is 54.6 Å². The van der Waals surface area contributed by atoms with Crippen molar-refractivity contribution in [3.63, 3.8) is 0 Å². The maximum Gasteiger partial charge on any atom is 0.411 e. The van der Waals surface area contributed by atoms with Crippen molar-refractivity contribution in [3.8, 4) is 0 Å². The van der Waals surface area contributed by atoms with Gasteiger partial charge >= 0.3 is 12.2 Å². The van der Waals surface area contributed by atoms with E-state index < -0.39 is 61.7 Å². The van der Waals surface area contributed by atoms with E-state index in [0.29, 0.717) is 11.4 Å². The number of hydrogen-bond acceptors (Lipinski definition) is 10. The van der Waals surface area contributed by atoms with Crippen molar-refractivity contribution in [2.24, 2.45) is 0 Å². The van der Waals surface area contributed by atoms with E-state index in [1.807, 2.05) is 31.2 Å². The molecule has 0 fully saturated rings. The summed E-state index contributed by atoms with van der Waals surface area (Å²) in [6.07, 6.45) is 9.64. The van der Waals surface area contributed by atoms with Crippen LogP contribution in [0.25, 0.3) is 0 Å². The van der Waals surface area contributed by atoms with E-state index >= 15 is 0 Å². The minimum Gasteiger partial charge on any atom is -0.448 e. The largest absolute Gasteiger partial charge is 0.448 e. The Kier molecular flexibility index (Phi) is 16.4. The molecule has 2 aliphatic rings. The van der Waals surface area contributed by atoms with Gasteiger partial charge in [0.2, 0.25) is 0 Å². The summed E-state index contributed by atoms with van der Waals surface area (Å²) in [5.41, 5.74) is 6.57. The Bertz CT molecular complexity index is 1950. The first kappa shape index (κ1) is 47.2. The highest BCUT2D eigenvalue weighted by Crippen LogP contribution is 2.46. The maximum absolute atomic E-state index is 12.8. The van der Waals surface area contributed by atoms with Crippen LogP contribution in [0.5, 0.6) is 0 Å². The van der Waals surface area contributed by atoms with Gasteiger partial charge in [-0.25, -0.2) is 26.4 Å². The first-order chi connectivity index (χ1) is 27.2. The molecule has 58 heavy (non-hydrogen) atoms. The Balaban J connectivity index is 1.24. The normalized spacial score (nSPS) is 18.6. The lowest BCUT2D eigenvalue weighted by molar-refractivity contribution is 0.167. The van der Waals surface area contributed by atoms with Crippen LogP contribution >= 0.6 is 0 Å². The van der Waals surface area contributed by atoms with Gasteiger partial charge in [0.05, 0.1) is 11.5 Å². The third-order valence-corrected chi connectivity index (χ3v) is 16.1. The van der Waals surface area contributed by atoms with Crippen LogP contribution in [0.1, 0.15) is 148 Å². The summed E-state index contributed by atoms with van der Waals surface area (Å²) in [6.45, 7) is 20.7. The smallest absolute Gasteiger partial charge is 0.411 e. The van der Waals surface area contributed by atoms with Crippen molar-refractivity contribution < 1.29 is 35.9 Å². The highest BCUT2D eigenvalue weighted by atomic mass is 32.3. The molecule has 2 aromatic rings. The number of fused-ring (bicyclic) bond motifs is 2. The van der Waals surface area contributed by atoms with Gasteiger partial charge < -0.3 is 19.3 Å². The molecule has 0 spiro atoms. The third kappa shape index (κ3) is 13.0. The van der Waals surface area contributed by atoms with Crippen molar-refractivity contribution in [1.29, 1.82) is 0 Å². The first-order valence-electron chi connectivity index (χ1n) is 21.3. The van der Waals surface area contributed by atoms with Crippen LogP contribution in [0.3, 0.4) is 0 Å². The number of hydrogen-bond donors (Lipinski definition) is 2. The van der Waals surface area contributed by atoms with E-state index in [1.54, 1.807) is 0 Å². The van der Waals surface area contributed by atoms with Gasteiger partial charge in [-0.3, -0.25) is 10.6 Å². The summed E-state index contributed by atoms with van der Waals surface area (Å²) < 4.78 is 61.3. The summed E-state index contributed by atoms with van der Waals surface area (Å²) in [6, 6.07) is 9.86. The molecule has 2 heterocycles.